The normalized spacial score (nSPS) is 11.2. The van der Waals surface area contributed by atoms with Gasteiger partial charge in [0, 0.05) is 19.3 Å². The van der Waals surface area contributed by atoms with E-state index in [9.17, 15) is 4.79 Å². The molecule has 0 unspecified atom stereocenters. The van der Waals surface area contributed by atoms with Crippen molar-refractivity contribution in [1.82, 2.24) is 0 Å². The first-order valence-corrected chi connectivity index (χ1v) is 6.93. The fraction of sp³-hybridized carbons (Fsp3) is 0.727. The van der Waals surface area contributed by atoms with Crippen LogP contribution in [0.2, 0.25) is 0 Å². The summed E-state index contributed by atoms with van der Waals surface area (Å²) in [5.41, 5.74) is 0. The minimum atomic E-state index is -2.34. The van der Waals surface area contributed by atoms with Gasteiger partial charge >= 0.3 is 15.5 Å². The van der Waals surface area contributed by atoms with Gasteiger partial charge < -0.3 is 13.3 Å². The lowest BCUT2D eigenvalue weighted by atomic mass is 10.2. The highest BCUT2D eigenvalue weighted by Crippen LogP contribution is 2.02. The van der Waals surface area contributed by atoms with Gasteiger partial charge in [0.15, 0.2) is 0 Å². The van der Waals surface area contributed by atoms with Crippen LogP contribution < -0.4 is 0 Å². The summed E-state index contributed by atoms with van der Waals surface area (Å²) in [6.07, 6.45) is 1.12. The van der Waals surface area contributed by atoms with E-state index in [4.69, 9.17) is 13.3 Å². The van der Waals surface area contributed by atoms with Crippen molar-refractivity contribution in [3.05, 3.63) is 12.7 Å². The minimum Gasteiger partial charge on any atom is -0.472 e. The van der Waals surface area contributed by atoms with Gasteiger partial charge in [0.05, 0.1) is 0 Å². The second-order valence-electron chi connectivity index (χ2n) is 4.38. The van der Waals surface area contributed by atoms with Crippen molar-refractivity contribution in [3.63, 3.8) is 0 Å². The van der Waals surface area contributed by atoms with Crippen LogP contribution in [0.1, 0.15) is 27.7 Å². The van der Waals surface area contributed by atoms with Crippen LogP contribution in [0.5, 0.6) is 0 Å². The second kappa shape index (κ2) is 8.49. The Labute approximate surface area is 99.5 Å². The Morgan fingerprint density at radius 1 is 1.19 bits per heavy atom. The van der Waals surface area contributed by atoms with Gasteiger partial charge in [0.2, 0.25) is 0 Å². The van der Waals surface area contributed by atoms with Crippen molar-refractivity contribution in [2.75, 3.05) is 13.2 Å². The third kappa shape index (κ3) is 8.64. The number of hydrogen-bond donors (Lipinski definition) is 0. The predicted octanol–water partition coefficient (Wildman–Crippen LogP) is 1.78. The highest BCUT2D eigenvalue weighted by Gasteiger charge is 2.20. The molecular weight excluding hydrogens is 224 g/mol. The molecule has 0 atom stereocenters. The van der Waals surface area contributed by atoms with Gasteiger partial charge in [-0.3, -0.25) is 0 Å². The highest BCUT2D eigenvalue weighted by molar-refractivity contribution is 6.39. The molecule has 0 saturated carbocycles. The van der Waals surface area contributed by atoms with E-state index < -0.39 is 15.5 Å². The molecule has 0 aliphatic carbocycles. The van der Waals surface area contributed by atoms with Crippen molar-refractivity contribution in [3.8, 4) is 0 Å². The van der Waals surface area contributed by atoms with E-state index in [1.807, 2.05) is 27.7 Å². The zero-order valence-corrected chi connectivity index (χ0v) is 11.7. The minimum absolute atomic E-state index is 0.389. The average molecular weight is 246 g/mol. The van der Waals surface area contributed by atoms with Gasteiger partial charge in [-0.05, 0) is 11.8 Å². The topological polar surface area (TPSA) is 44.8 Å². The fourth-order valence-corrected chi connectivity index (χ4v) is 2.40. The van der Waals surface area contributed by atoms with Crippen molar-refractivity contribution < 1.29 is 18.1 Å². The molecule has 4 nitrogen and oxygen atoms in total. The van der Waals surface area contributed by atoms with Crippen LogP contribution in [0.25, 0.3) is 0 Å². The SMILES string of the molecule is C=CC(=O)O[SiH](OCC(C)C)OCC(C)C. The maximum absolute atomic E-state index is 11.0. The molecule has 0 radical (unpaired) electrons. The van der Waals surface area contributed by atoms with Crippen molar-refractivity contribution in [2.24, 2.45) is 11.8 Å². The Bertz CT molecular complexity index is 204. The van der Waals surface area contributed by atoms with E-state index in [2.05, 4.69) is 6.58 Å². The summed E-state index contributed by atoms with van der Waals surface area (Å²) >= 11 is 0. The van der Waals surface area contributed by atoms with Crippen molar-refractivity contribution >= 4 is 15.5 Å². The molecule has 0 spiro atoms. The first-order chi connectivity index (χ1) is 7.45. The second-order valence-corrected chi connectivity index (χ2v) is 5.86. The summed E-state index contributed by atoms with van der Waals surface area (Å²) in [4.78, 5) is 11.0. The zero-order chi connectivity index (χ0) is 12.6. The van der Waals surface area contributed by atoms with E-state index in [-0.39, 0.29) is 0 Å². The van der Waals surface area contributed by atoms with E-state index in [1.165, 1.54) is 0 Å². The molecule has 0 aromatic heterocycles. The molecular formula is C11H22O4Si. The Balaban J connectivity index is 4.04. The van der Waals surface area contributed by atoms with Crippen LogP contribution in [0.15, 0.2) is 12.7 Å². The Morgan fingerprint density at radius 2 is 1.62 bits per heavy atom. The molecule has 0 amide bonds. The smallest absolute Gasteiger partial charge is 0.472 e. The third-order valence-corrected chi connectivity index (χ3v) is 2.86. The fourth-order valence-electron chi connectivity index (χ4n) is 0.801. The lowest BCUT2D eigenvalue weighted by Crippen LogP contribution is -2.32. The van der Waals surface area contributed by atoms with Crippen LogP contribution in [-0.2, 0) is 18.1 Å². The number of hydrogen-bond acceptors (Lipinski definition) is 4. The van der Waals surface area contributed by atoms with Crippen molar-refractivity contribution in [1.29, 1.82) is 0 Å². The van der Waals surface area contributed by atoms with E-state index in [1.54, 1.807) is 0 Å². The van der Waals surface area contributed by atoms with Gasteiger partial charge in [-0.1, -0.05) is 34.3 Å². The molecule has 0 aliphatic rings. The molecule has 0 saturated heterocycles. The largest absolute Gasteiger partial charge is 0.551 e. The highest BCUT2D eigenvalue weighted by atomic mass is 28.3. The van der Waals surface area contributed by atoms with Gasteiger partial charge in [-0.2, -0.15) is 0 Å². The maximum atomic E-state index is 11.0. The lowest BCUT2D eigenvalue weighted by molar-refractivity contribution is -0.132. The standard InChI is InChI=1S/C11H22O4Si/c1-6-11(12)15-16(13-7-9(2)3)14-8-10(4)5/h6,9-10,16H,1,7-8H2,2-5H3. The maximum Gasteiger partial charge on any atom is 0.551 e. The lowest BCUT2D eigenvalue weighted by Gasteiger charge is -2.17. The number of carbonyl (C=O) groups excluding carboxylic acids is 1. The molecule has 5 heteroatoms. The monoisotopic (exact) mass is 246 g/mol. The average Bonchev–Trinajstić information content (AvgIpc) is 2.21. The van der Waals surface area contributed by atoms with E-state index in [0.717, 1.165) is 6.08 Å². The van der Waals surface area contributed by atoms with Crippen LogP contribution in [0.3, 0.4) is 0 Å². The third-order valence-electron chi connectivity index (χ3n) is 1.51. The van der Waals surface area contributed by atoms with Crippen LogP contribution in [0.4, 0.5) is 0 Å². The first-order valence-electron chi connectivity index (χ1n) is 5.52. The zero-order valence-electron chi connectivity index (χ0n) is 10.6. The Morgan fingerprint density at radius 3 is 1.94 bits per heavy atom. The molecule has 16 heavy (non-hydrogen) atoms. The molecule has 0 fully saturated rings. The Hall–Kier alpha value is -0.653. The Kier molecular flexibility index (Phi) is 8.15. The molecule has 0 rings (SSSR count). The van der Waals surface area contributed by atoms with Crippen LogP contribution in [-0.4, -0.2) is 28.7 Å². The summed E-state index contributed by atoms with van der Waals surface area (Å²) in [7, 11) is -2.34. The molecule has 0 heterocycles. The molecule has 0 N–H and O–H groups in total. The molecule has 94 valence electrons. The molecule has 0 bridgehead atoms. The van der Waals surface area contributed by atoms with Gasteiger partial charge in [0.1, 0.15) is 0 Å². The molecule has 0 aliphatic heterocycles. The van der Waals surface area contributed by atoms with Crippen LogP contribution >= 0.6 is 0 Å². The predicted molar refractivity (Wildman–Crippen MR) is 65.0 cm³/mol. The quantitative estimate of drug-likeness (QED) is 0.484. The first kappa shape index (κ1) is 15.3. The van der Waals surface area contributed by atoms with Gasteiger partial charge in [0.25, 0.3) is 0 Å². The van der Waals surface area contributed by atoms with Gasteiger partial charge in [-0.15, -0.1) is 0 Å². The van der Waals surface area contributed by atoms with Crippen LogP contribution in [0, 0.1) is 11.8 Å². The molecule has 0 aromatic carbocycles. The van der Waals surface area contributed by atoms with E-state index >= 15 is 0 Å². The van der Waals surface area contributed by atoms with E-state index in [0.29, 0.717) is 25.0 Å². The number of rotatable bonds is 8. The summed E-state index contributed by atoms with van der Waals surface area (Å²) in [5, 5.41) is 0. The van der Waals surface area contributed by atoms with Gasteiger partial charge in [-0.25, -0.2) is 4.79 Å². The summed E-state index contributed by atoms with van der Waals surface area (Å²) < 4.78 is 15.9. The number of carbonyl (C=O) groups is 1. The summed E-state index contributed by atoms with van der Waals surface area (Å²) in [5.74, 6) is 0.296. The summed E-state index contributed by atoms with van der Waals surface area (Å²) in [6.45, 7) is 12.5. The summed E-state index contributed by atoms with van der Waals surface area (Å²) in [6, 6.07) is 0. The van der Waals surface area contributed by atoms with Crippen molar-refractivity contribution in [2.45, 2.75) is 27.7 Å². The molecule has 0 aromatic rings.